The first-order valence-electron chi connectivity index (χ1n) is 6.01. The second-order valence-corrected chi connectivity index (χ2v) is 4.86. The zero-order chi connectivity index (χ0) is 11.5. The summed E-state index contributed by atoms with van der Waals surface area (Å²) in [5.74, 6) is -0.720. The normalized spacial score (nSPS) is 12.7. The minimum absolute atomic E-state index is 0.110. The van der Waals surface area contributed by atoms with Crippen molar-refractivity contribution >= 4 is 21.9 Å². The number of alkyl halides is 1. The maximum Gasteiger partial charge on any atom is 0.306 e. The van der Waals surface area contributed by atoms with Gasteiger partial charge in [0.15, 0.2) is 0 Å². The number of halogens is 1. The quantitative estimate of drug-likeness (QED) is 0.480. The summed E-state index contributed by atoms with van der Waals surface area (Å²) in [5.41, 5.74) is 0. The summed E-state index contributed by atoms with van der Waals surface area (Å²) in [6, 6.07) is 0. The maximum absolute atomic E-state index is 10.9. The van der Waals surface area contributed by atoms with Crippen LogP contribution in [-0.4, -0.2) is 16.4 Å². The van der Waals surface area contributed by atoms with Gasteiger partial charge < -0.3 is 5.11 Å². The molecule has 0 aromatic heterocycles. The van der Waals surface area contributed by atoms with E-state index in [1.54, 1.807) is 0 Å². The van der Waals surface area contributed by atoms with Gasteiger partial charge in [-0.3, -0.25) is 4.79 Å². The Labute approximate surface area is 102 Å². The van der Waals surface area contributed by atoms with Gasteiger partial charge in [0, 0.05) is 5.33 Å². The highest BCUT2D eigenvalue weighted by molar-refractivity contribution is 9.09. The predicted octanol–water partition coefficient (Wildman–Crippen LogP) is 4.22. The number of hydrogen-bond donors (Lipinski definition) is 1. The first kappa shape index (κ1) is 14.9. The van der Waals surface area contributed by atoms with E-state index in [0.717, 1.165) is 37.4 Å². The van der Waals surface area contributed by atoms with Crippen molar-refractivity contribution in [1.82, 2.24) is 0 Å². The fourth-order valence-electron chi connectivity index (χ4n) is 1.69. The maximum atomic E-state index is 10.9. The van der Waals surface area contributed by atoms with Crippen LogP contribution in [0.25, 0.3) is 0 Å². The first-order valence-corrected chi connectivity index (χ1v) is 7.13. The lowest BCUT2D eigenvalue weighted by molar-refractivity contribution is -0.142. The molecule has 0 spiro atoms. The van der Waals surface area contributed by atoms with Crippen LogP contribution in [0.1, 0.15) is 58.3 Å². The molecule has 3 heteroatoms. The lowest BCUT2D eigenvalue weighted by Crippen LogP contribution is -2.13. The van der Waals surface area contributed by atoms with Crippen molar-refractivity contribution < 1.29 is 9.90 Å². The van der Waals surface area contributed by atoms with Crippen molar-refractivity contribution in [2.45, 2.75) is 58.3 Å². The van der Waals surface area contributed by atoms with Crippen molar-refractivity contribution in [3.8, 4) is 0 Å². The van der Waals surface area contributed by atoms with Gasteiger partial charge in [-0.05, 0) is 19.3 Å². The van der Waals surface area contributed by atoms with E-state index < -0.39 is 5.97 Å². The van der Waals surface area contributed by atoms with Crippen LogP contribution >= 0.6 is 15.9 Å². The smallest absolute Gasteiger partial charge is 0.306 e. The summed E-state index contributed by atoms with van der Waals surface area (Å²) in [4.78, 5) is 10.9. The van der Waals surface area contributed by atoms with Crippen LogP contribution in [-0.2, 0) is 4.79 Å². The Bertz CT molecular complexity index is 160. The van der Waals surface area contributed by atoms with Crippen LogP contribution < -0.4 is 0 Å². The molecule has 0 aromatic carbocycles. The first-order chi connectivity index (χ1) is 7.22. The molecule has 90 valence electrons. The van der Waals surface area contributed by atoms with E-state index in [1.165, 1.54) is 19.3 Å². The zero-order valence-corrected chi connectivity index (χ0v) is 11.3. The topological polar surface area (TPSA) is 37.3 Å². The average Bonchev–Trinajstić information content (AvgIpc) is 2.21. The Morgan fingerprint density at radius 2 is 1.73 bits per heavy atom. The molecule has 0 bridgehead atoms. The third-order valence-electron chi connectivity index (χ3n) is 2.69. The summed E-state index contributed by atoms with van der Waals surface area (Å²) in [7, 11) is 0. The summed E-state index contributed by atoms with van der Waals surface area (Å²) in [6.45, 7) is 2.17. The third kappa shape index (κ3) is 8.91. The Morgan fingerprint density at radius 1 is 1.13 bits per heavy atom. The van der Waals surface area contributed by atoms with E-state index in [4.69, 9.17) is 5.11 Å². The van der Waals surface area contributed by atoms with Gasteiger partial charge in [0.1, 0.15) is 0 Å². The highest BCUT2D eigenvalue weighted by atomic mass is 79.9. The van der Waals surface area contributed by atoms with Gasteiger partial charge in [-0.2, -0.15) is 0 Å². The number of unbranched alkanes of at least 4 members (excludes halogenated alkanes) is 4. The lowest BCUT2D eigenvalue weighted by atomic mass is 9.95. The van der Waals surface area contributed by atoms with Gasteiger partial charge in [0.05, 0.1) is 5.92 Å². The molecule has 1 unspecified atom stereocenters. The summed E-state index contributed by atoms with van der Waals surface area (Å²) in [5, 5.41) is 10.00. The fourth-order valence-corrected chi connectivity index (χ4v) is 2.09. The van der Waals surface area contributed by atoms with Gasteiger partial charge in [0.2, 0.25) is 0 Å². The molecule has 0 saturated heterocycles. The highest BCUT2D eigenvalue weighted by Gasteiger charge is 2.15. The minimum atomic E-state index is -0.610. The van der Waals surface area contributed by atoms with Gasteiger partial charge in [0.25, 0.3) is 0 Å². The number of carbonyl (C=O) groups is 1. The van der Waals surface area contributed by atoms with Crippen LogP contribution in [0.15, 0.2) is 0 Å². The molecule has 0 aliphatic carbocycles. The third-order valence-corrected chi connectivity index (χ3v) is 3.25. The van der Waals surface area contributed by atoms with Crippen molar-refractivity contribution in [1.29, 1.82) is 0 Å². The molecule has 1 atom stereocenters. The van der Waals surface area contributed by atoms with Gasteiger partial charge in [-0.1, -0.05) is 55.0 Å². The average molecular weight is 279 g/mol. The summed E-state index contributed by atoms with van der Waals surface area (Å²) >= 11 is 3.36. The van der Waals surface area contributed by atoms with Gasteiger partial charge in [-0.15, -0.1) is 0 Å². The van der Waals surface area contributed by atoms with Crippen LogP contribution in [0.3, 0.4) is 0 Å². The molecule has 0 rings (SSSR count). The summed E-state index contributed by atoms with van der Waals surface area (Å²) < 4.78 is 0. The minimum Gasteiger partial charge on any atom is -0.481 e. The molecule has 0 amide bonds. The van der Waals surface area contributed by atoms with Crippen molar-refractivity contribution in [2.24, 2.45) is 5.92 Å². The van der Waals surface area contributed by atoms with Crippen LogP contribution in [0, 0.1) is 5.92 Å². The number of rotatable bonds is 10. The van der Waals surface area contributed by atoms with Crippen molar-refractivity contribution in [3.63, 3.8) is 0 Å². The molecule has 0 aliphatic heterocycles. The SMILES string of the molecule is CCCCCCC(CCCCBr)C(=O)O. The lowest BCUT2D eigenvalue weighted by Gasteiger charge is -2.11. The summed E-state index contributed by atoms with van der Waals surface area (Å²) in [6.07, 6.45) is 8.49. The molecule has 15 heavy (non-hydrogen) atoms. The molecule has 0 fully saturated rings. The Hall–Kier alpha value is -0.0500. The molecule has 0 saturated carbocycles. The molecule has 0 heterocycles. The number of aliphatic carboxylic acids is 1. The molecular formula is C12H23BrO2. The Morgan fingerprint density at radius 3 is 2.20 bits per heavy atom. The van der Waals surface area contributed by atoms with Crippen LogP contribution in [0.2, 0.25) is 0 Å². The largest absolute Gasteiger partial charge is 0.481 e. The van der Waals surface area contributed by atoms with Gasteiger partial charge in [-0.25, -0.2) is 0 Å². The standard InChI is InChI=1S/C12H23BrO2/c1-2-3-4-5-8-11(12(14)15)9-6-7-10-13/h11H,2-10H2,1H3,(H,14,15). The molecular weight excluding hydrogens is 256 g/mol. The van der Waals surface area contributed by atoms with E-state index in [-0.39, 0.29) is 5.92 Å². The second kappa shape index (κ2) is 10.5. The zero-order valence-electron chi connectivity index (χ0n) is 9.67. The molecule has 2 nitrogen and oxygen atoms in total. The van der Waals surface area contributed by atoms with E-state index >= 15 is 0 Å². The predicted molar refractivity (Wildman–Crippen MR) is 67.5 cm³/mol. The fraction of sp³-hybridized carbons (Fsp3) is 0.917. The van der Waals surface area contributed by atoms with Crippen molar-refractivity contribution in [2.75, 3.05) is 5.33 Å². The Kier molecular flexibility index (Phi) is 10.4. The Balaban J connectivity index is 3.59. The van der Waals surface area contributed by atoms with Crippen LogP contribution in [0.5, 0.6) is 0 Å². The molecule has 0 aliphatic rings. The monoisotopic (exact) mass is 278 g/mol. The van der Waals surface area contributed by atoms with E-state index in [0.29, 0.717) is 0 Å². The highest BCUT2D eigenvalue weighted by Crippen LogP contribution is 2.17. The molecule has 0 aromatic rings. The molecule has 1 N–H and O–H groups in total. The van der Waals surface area contributed by atoms with E-state index in [1.807, 2.05) is 0 Å². The van der Waals surface area contributed by atoms with Crippen molar-refractivity contribution in [3.05, 3.63) is 0 Å². The molecule has 0 radical (unpaired) electrons. The number of carboxylic acid groups (broad SMARTS) is 1. The van der Waals surface area contributed by atoms with E-state index in [2.05, 4.69) is 22.9 Å². The second-order valence-electron chi connectivity index (χ2n) is 4.07. The van der Waals surface area contributed by atoms with Crippen LogP contribution in [0.4, 0.5) is 0 Å². The van der Waals surface area contributed by atoms with E-state index in [9.17, 15) is 4.79 Å². The number of carboxylic acids is 1. The number of hydrogen-bond acceptors (Lipinski definition) is 1. The van der Waals surface area contributed by atoms with Gasteiger partial charge >= 0.3 is 5.97 Å².